The van der Waals surface area contributed by atoms with Gasteiger partial charge >= 0.3 is 0 Å². The third-order valence-corrected chi connectivity index (χ3v) is 6.23. The Morgan fingerprint density at radius 3 is 2.71 bits per heavy atom. The van der Waals surface area contributed by atoms with Crippen LogP contribution in [0.15, 0.2) is 71.9 Å². The van der Waals surface area contributed by atoms with Crippen molar-refractivity contribution in [3.8, 4) is 34.6 Å². The molecular formula is C24H16ClN5O3S. The second kappa shape index (κ2) is 9.47. The minimum atomic E-state index is -0.238. The van der Waals surface area contributed by atoms with Gasteiger partial charge in [0.05, 0.1) is 16.3 Å². The average Bonchev–Trinajstić information content (AvgIpc) is 3.50. The number of rotatable bonds is 6. The second-order valence-electron chi connectivity index (χ2n) is 7.19. The molecular weight excluding hydrogens is 474 g/mol. The maximum absolute atomic E-state index is 12.6. The molecule has 8 nitrogen and oxygen atoms in total. The zero-order valence-electron chi connectivity index (χ0n) is 17.6. The number of halogens is 1. The van der Waals surface area contributed by atoms with E-state index in [2.05, 4.69) is 15.5 Å². The summed E-state index contributed by atoms with van der Waals surface area (Å²) in [4.78, 5) is 12.6. The predicted molar refractivity (Wildman–Crippen MR) is 128 cm³/mol. The maximum Gasteiger partial charge on any atom is 0.234 e. The minimum Gasteiger partial charge on any atom is -0.454 e. The summed E-state index contributed by atoms with van der Waals surface area (Å²) in [6, 6.07) is 22.0. The van der Waals surface area contributed by atoms with Gasteiger partial charge < -0.3 is 14.8 Å². The lowest BCUT2D eigenvalue weighted by atomic mass is 10.2. The Kier molecular flexibility index (Phi) is 6.08. The normalized spacial score (nSPS) is 11.8. The summed E-state index contributed by atoms with van der Waals surface area (Å²) in [6.07, 6.45) is 0. The number of anilines is 1. The van der Waals surface area contributed by atoms with Gasteiger partial charge in [0.2, 0.25) is 12.7 Å². The lowest BCUT2D eigenvalue weighted by molar-refractivity contribution is -0.113. The molecule has 0 saturated heterocycles. The molecule has 0 bridgehead atoms. The molecule has 1 aliphatic heterocycles. The van der Waals surface area contributed by atoms with E-state index in [1.165, 1.54) is 11.8 Å². The van der Waals surface area contributed by atoms with Crippen LogP contribution in [0, 0.1) is 11.3 Å². The predicted octanol–water partition coefficient (Wildman–Crippen LogP) is 4.92. The largest absolute Gasteiger partial charge is 0.454 e. The minimum absolute atomic E-state index is 0.101. The third-order valence-electron chi connectivity index (χ3n) is 4.98. The molecule has 34 heavy (non-hydrogen) atoms. The third kappa shape index (κ3) is 4.41. The van der Waals surface area contributed by atoms with E-state index in [0.717, 1.165) is 11.3 Å². The molecule has 0 saturated carbocycles. The summed E-state index contributed by atoms with van der Waals surface area (Å²) in [6.45, 7) is 0.185. The highest BCUT2D eigenvalue weighted by atomic mass is 35.5. The molecule has 0 spiro atoms. The standard InChI is InChI=1S/C24H16ClN5O3S/c25-19-11-17(8-6-16(19)12-26)27-22(31)13-34-24-29-28-23(30(24)18-4-2-1-3-5-18)15-7-9-20-21(10-15)33-14-32-20/h1-11H,13-14H2,(H,27,31). The molecule has 10 heteroatoms. The van der Waals surface area contributed by atoms with E-state index in [9.17, 15) is 4.79 Å². The molecule has 1 N–H and O–H groups in total. The van der Waals surface area contributed by atoms with Crippen molar-refractivity contribution in [2.24, 2.45) is 0 Å². The fraction of sp³-hybridized carbons (Fsp3) is 0.0833. The van der Waals surface area contributed by atoms with Gasteiger partial charge in [-0.25, -0.2) is 0 Å². The zero-order chi connectivity index (χ0) is 23.5. The van der Waals surface area contributed by atoms with E-state index in [1.54, 1.807) is 18.2 Å². The molecule has 4 aromatic rings. The Balaban J connectivity index is 1.39. The van der Waals surface area contributed by atoms with Crippen LogP contribution in [0.5, 0.6) is 11.5 Å². The highest BCUT2D eigenvalue weighted by Gasteiger charge is 2.20. The van der Waals surface area contributed by atoms with E-state index in [-0.39, 0.29) is 23.5 Å². The van der Waals surface area contributed by atoms with Gasteiger partial charge in [0.15, 0.2) is 22.5 Å². The highest BCUT2D eigenvalue weighted by molar-refractivity contribution is 7.99. The van der Waals surface area contributed by atoms with Crippen molar-refractivity contribution in [2.45, 2.75) is 5.16 Å². The number of hydrogen-bond donors (Lipinski definition) is 1. The Hall–Kier alpha value is -4.00. The van der Waals surface area contributed by atoms with Crippen molar-refractivity contribution in [1.82, 2.24) is 14.8 Å². The van der Waals surface area contributed by atoms with Gasteiger partial charge in [-0.15, -0.1) is 10.2 Å². The van der Waals surface area contributed by atoms with Gasteiger partial charge in [0, 0.05) is 16.9 Å². The fourth-order valence-electron chi connectivity index (χ4n) is 3.41. The SMILES string of the molecule is N#Cc1ccc(NC(=O)CSc2nnc(-c3ccc4c(c3)OCO4)n2-c2ccccc2)cc1Cl. The quantitative estimate of drug-likeness (QED) is 0.383. The van der Waals surface area contributed by atoms with E-state index in [0.29, 0.717) is 33.7 Å². The number of ether oxygens (including phenoxy) is 2. The van der Waals surface area contributed by atoms with Crippen molar-refractivity contribution >= 4 is 35.0 Å². The number of nitrogens with one attached hydrogen (secondary N) is 1. The van der Waals surface area contributed by atoms with Crippen LogP contribution in [-0.4, -0.2) is 33.2 Å². The van der Waals surface area contributed by atoms with Crippen LogP contribution < -0.4 is 14.8 Å². The van der Waals surface area contributed by atoms with Crippen molar-refractivity contribution in [3.63, 3.8) is 0 Å². The van der Waals surface area contributed by atoms with Crippen molar-refractivity contribution in [3.05, 3.63) is 77.3 Å². The first-order valence-corrected chi connectivity index (χ1v) is 11.5. The van der Waals surface area contributed by atoms with Crippen LogP contribution in [0.25, 0.3) is 17.1 Å². The highest BCUT2D eigenvalue weighted by Crippen LogP contribution is 2.37. The summed E-state index contributed by atoms with van der Waals surface area (Å²) in [7, 11) is 0. The summed E-state index contributed by atoms with van der Waals surface area (Å²) >= 11 is 7.31. The van der Waals surface area contributed by atoms with Gasteiger partial charge in [0.25, 0.3) is 0 Å². The molecule has 0 atom stereocenters. The summed E-state index contributed by atoms with van der Waals surface area (Å²) in [5.74, 6) is 1.81. The van der Waals surface area contributed by atoms with E-state index in [4.69, 9.17) is 26.3 Å². The molecule has 1 aliphatic rings. The van der Waals surface area contributed by atoms with Gasteiger partial charge in [0.1, 0.15) is 6.07 Å². The maximum atomic E-state index is 12.6. The summed E-state index contributed by atoms with van der Waals surface area (Å²) in [5.41, 5.74) is 2.53. The average molecular weight is 490 g/mol. The van der Waals surface area contributed by atoms with Crippen molar-refractivity contribution < 1.29 is 14.3 Å². The number of benzene rings is 3. The molecule has 3 aromatic carbocycles. The molecule has 0 unspecified atom stereocenters. The van der Waals surface area contributed by atoms with Crippen LogP contribution in [0.1, 0.15) is 5.56 Å². The topological polar surface area (TPSA) is 102 Å². The monoisotopic (exact) mass is 489 g/mol. The van der Waals surface area contributed by atoms with Gasteiger partial charge in [-0.05, 0) is 48.5 Å². The first kappa shape index (κ1) is 21.8. The summed E-state index contributed by atoms with van der Waals surface area (Å²) in [5, 5.41) is 21.4. The smallest absolute Gasteiger partial charge is 0.234 e. The van der Waals surface area contributed by atoms with Crippen molar-refractivity contribution in [1.29, 1.82) is 5.26 Å². The molecule has 168 valence electrons. The first-order valence-electron chi connectivity index (χ1n) is 10.2. The number of hydrogen-bond acceptors (Lipinski definition) is 7. The van der Waals surface area contributed by atoms with Crippen LogP contribution in [0.4, 0.5) is 5.69 Å². The zero-order valence-corrected chi connectivity index (χ0v) is 19.1. The number of fused-ring (bicyclic) bond motifs is 1. The molecule has 5 rings (SSSR count). The lowest BCUT2D eigenvalue weighted by Gasteiger charge is -2.11. The molecule has 0 radical (unpaired) electrons. The number of nitriles is 1. The molecule has 1 amide bonds. The molecule has 2 heterocycles. The Morgan fingerprint density at radius 1 is 1.09 bits per heavy atom. The number of carbonyl (C=O) groups is 1. The first-order chi connectivity index (χ1) is 16.6. The number of amides is 1. The number of thioether (sulfide) groups is 1. The van der Waals surface area contributed by atoms with E-state index < -0.39 is 0 Å². The Morgan fingerprint density at radius 2 is 1.91 bits per heavy atom. The lowest BCUT2D eigenvalue weighted by Crippen LogP contribution is -2.14. The van der Waals surface area contributed by atoms with Crippen LogP contribution in [0.2, 0.25) is 5.02 Å². The fourth-order valence-corrected chi connectivity index (χ4v) is 4.38. The van der Waals surface area contributed by atoms with Crippen LogP contribution in [0.3, 0.4) is 0 Å². The van der Waals surface area contributed by atoms with Crippen LogP contribution in [-0.2, 0) is 4.79 Å². The number of aromatic nitrogens is 3. The Bertz CT molecular complexity index is 1420. The van der Waals surface area contributed by atoms with Gasteiger partial charge in [-0.2, -0.15) is 5.26 Å². The molecule has 0 aliphatic carbocycles. The van der Waals surface area contributed by atoms with Crippen molar-refractivity contribution in [2.75, 3.05) is 17.9 Å². The second-order valence-corrected chi connectivity index (χ2v) is 8.54. The molecule has 0 fully saturated rings. The van der Waals surface area contributed by atoms with E-state index in [1.807, 2.05) is 59.2 Å². The Labute approximate surface area is 204 Å². The number of carbonyl (C=O) groups excluding carboxylic acids is 1. The molecule has 1 aromatic heterocycles. The van der Waals surface area contributed by atoms with E-state index >= 15 is 0 Å². The van der Waals surface area contributed by atoms with Crippen LogP contribution >= 0.6 is 23.4 Å². The number of para-hydroxylation sites is 1. The van der Waals surface area contributed by atoms with Gasteiger partial charge in [-0.3, -0.25) is 9.36 Å². The number of nitrogens with zero attached hydrogens (tertiary/aromatic N) is 4. The summed E-state index contributed by atoms with van der Waals surface area (Å²) < 4.78 is 12.8. The van der Waals surface area contributed by atoms with Gasteiger partial charge in [-0.1, -0.05) is 41.6 Å².